The van der Waals surface area contributed by atoms with Gasteiger partial charge in [-0.1, -0.05) is 18.2 Å². The van der Waals surface area contributed by atoms with Crippen LogP contribution in [0.4, 0.5) is 0 Å². The van der Waals surface area contributed by atoms with Crippen molar-refractivity contribution in [3.05, 3.63) is 42.5 Å². The first kappa shape index (κ1) is 6.87. The van der Waals surface area contributed by atoms with E-state index >= 15 is 0 Å². The molecule has 0 aliphatic carbocycles. The van der Waals surface area contributed by atoms with E-state index < -0.39 is 0 Å². The summed E-state index contributed by atoms with van der Waals surface area (Å²) in [6, 6.07) is 6.78. The maximum absolute atomic E-state index is 10.6. The SMILES string of the molecule is C=CCc1ccc([O])cc1. The van der Waals surface area contributed by atoms with Gasteiger partial charge in [-0.25, -0.2) is 0 Å². The van der Waals surface area contributed by atoms with Crippen molar-refractivity contribution >= 4 is 0 Å². The van der Waals surface area contributed by atoms with Crippen molar-refractivity contribution in [2.75, 3.05) is 0 Å². The molecule has 0 atom stereocenters. The predicted molar refractivity (Wildman–Crippen MR) is 40.5 cm³/mol. The molecule has 0 aromatic heterocycles. The fourth-order valence-electron chi connectivity index (χ4n) is 0.792. The zero-order valence-corrected chi connectivity index (χ0v) is 5.71. The van der Waals surface area contributed by atoms with Crippen LogP contribution in [0.25, 0.3) is 0 Å². The fraction of sp³-hybridized carbons (Fsp3) is 0.111. The summed E-state index contributed by atoms with van der Waals surface area (Å²) in [7, 11) is 0. The third kappa shape index (κ3) is 1.62. The van der Waals surface area contributed by atoms with Crippen LogP contribution in [0.2, 0.25) is 0 Å². The number of allylic oxidation sites excluding steroid dienone is 1. The molecular formula is C9H9O. The van der Waals surface area contributed by atoms with Gasteiger partial charge in [0.25, 0.3) is 0 Å². The van der Waals surface area contributed by atoms with Gasteiger partial charge in [0, 0.05) is 0 Å². The molecule has 0 unspecified atom stereocenters. The first-order valence-electron chi connectivity index (χ1n) is 3.20. The van der Waals surface area contributed by atoms with Gasteiger partial charge in [-0.3, -0.25) is 5.11 Å². The Balaban J connectivity index is 2.78. The van der Waals surface area contributed by atoms with E-state index in [1.807, 2.05) is 18.2 Å². The van der Waals surface area contributed by atoms with Crippen LogP contribution >= 0.6 is 0 Å². The Bertz CT molecular complexity index is 211. The molecule has 10 heavy (non-hydrogen) atoms. The number of rotatable bonds is 2. The molecule has 1 rings (SSSR count). The van der Waals surface area contributed by atoms with Gasteiger partial charge in [0.1, 0.15) is 0 Å². The van der Waals surface area contributed by atoms with Crippen molar-refractivity contribution in [2.45, 2.75) is 6.42 Å². The van der Waals surface area contributed by atoms with Gasteiger partial charge in [-0.05, 0) is 24.1 Å². The molecule has 1 nitrogen and oxygen atoms in total. The molecule has 0 N–H and O–H groups in total. The van der Waals surface area contributed by atoms with Crippen molar-refractivity contribution < 1.29 is 5.11 Å². The molecule has 1 radical (unpaired) electrons. The summed E-state index contributed by atoms with van der Waals surface area (Å²) in [5.74, 6) is 0.0628. The van der Waals surface area contributed by atoms with Crippen LogP contribution in [0, 0.1) is 0 Å². The van der Waals surface area contributed by atoms with E-state index in [2.05, 4.69) is 6.58 Å². The molecule has 51 valence electrons. The molecule has 0 heterocycles. The smallest absolute Gasteiger partial charge is 0.178 e. The Morgan fingerprint density at radius 1 is 1.30 bits per heavy atom. The minimum absolute atomic E-state index is 0.0628. The molecule has 0 bridgehead atoms. The number of benzene rings is 1. The standard InChI is InChI=1S/C9H9O/c1-2-3-8-4-6-9(10)7-5-8/h2,4-7H,1,3H2. The Morgan fingerprint density at radius 3 is 2.40 bits per heavy atom. The largest absolute Gasteiger partial charge is 0.290 e. The van der Waals surface area contributed by atoms with E-state index in [0.717, 1.165) is 12.0 Å². The Labute approximate surface area is 60.6 Å². The summed E-state index contributed by atoms with van der Waals surface area (Å²) in [5, 5.41) is 10.6. The molecule has 1 heteroatoms. The monoisotopic (exact) mass is 133 g/mol. The van der Waals surface area contributed by atoms with Gasteiger partial charge in [-0.15, -0.1) is 6.58 Å². The third-order valence-corrected chi connectivity index (χ3v) is 1.30. The van der Waals surface area contributed by atoms with E-state index in [1.165, 1.54) is 0 Å². The minimum Gasteiger partial charge on any atom is -0.290 e. The van der Waals surface area contributed by atoms with Gasteiger partial charge in [0.2, 0.25) is 0 Å². The van der Waals surface area contributed by atoms with Gasteiger partial charge in [0.05, 0.1) is 0 Å². The zero-order chi connectivity index (χ0) is 7.40. The first-order chi connectivity index (χ1) is 4.83. The molecule has 0 amide bonds. The van der Waals surface area contributed by atoms with E-state index in [4.69, 9.17) is 0 Å². The lowest BCUT2D eigenvalue weighted by Crippen LogP contribution is -1.76. The average Bonchev–Trinajstić information content (AvgIpc) is 1.95. The molecule has 1 aromatic rings. The van der Waals surface area contributed by atoms with E-state index in [-0.39, 0.29) is 5.75 Å². The van der Waals surface area contributed by atoms with Crippen molar-refractivity contribution in [1.29, 1.82) is 0 Å². The quantitative estimate of drug-likeness (QED) is 0.552. The summed E-state index contributed by atoms with van der Waals surface area (Å²) in [6.45, 7) is 3.60. The Kier molecular flexibility index (Phi) is 2.11. The molecule has 0 saturated carbocycles. The maximum atomic E-state index is 10.6. The molecule has 0 fully saturated rings. The lowest BCUT2D eigenvalue weighted by molar-refractivity contribution is 0.355. The van der Waals surface area contributed by atoms with Gasteiger partial charge in [0.15, 0.2) is 5.75 Å². The molecule has 0 saturated heterocycles. The molecule has 0 aliphatic rings. The molecular weight excluding hydrogens is 124 g/mol. The summed E-state index contributed by atoms with van der Waals surface area (Å²) in [5.41, 5.74) is 1.13. The van der Waals surface area contributed by atoms with Crippen molar-refractivity contribution in [1.82, 2.24) is 0 Å². The van der Waals surface area contributed by atoms with Gasteiger partial charge >= 0.3 is 0 Å². The van der Waals surface area contributed by atoms with E-state index in [1.54, 1.807) is 12.1 Å². The molecule has 0 aliphatic heterocycles. The number of hydrogen-bond acceptors (Lipinski definition) is 0. The van der Waals surface area contributed by atoms with Crippen LogP contribution in [0.5, 0.6) is 5.75 Å². The highest BCUT2D eigenvalue weighted by molar-refractivity contribution is 5.26. The Hall–Kier alpha value is -1.24. The van der Waals surface area contributed by atoms with Crippen molar-refractivity contribution in [2.24, 2.45) is 0 Å². The third-order valence-electron chi connectivity index (χ3n) is 1.30. The lowest BCUT2D eigenvalue weighted by Gasteiger charge is -1.92. The lowest BCUT2D eigenvalue weighted by atomic mass is 10.1. The fourth-order valence-corrected chi connectivity index (χ4v) is 0.792. The van der Waals surface area contributed by atoms with Crippen LogP contribution in [0.1, 0.15) is 5.56 Å². The van der Waals surface area contributed by atoms with Crippen LogP contribution in [0.3, 0.4) is 0 Å². The van der Waals surface area contributed by atoms with Gasteiger partial charge in [-0.2, -0.15) is 0 Å². The minimum atomic E-state index is 0.0628. The van der Waals surface area contributed by atoms with Crippen LogP contribution in [-0.2, 0) is 11.5 Å². The topological polar surface area (TPSA) is 19.9 Å². The van der Waals surface area contributed by atoms with E-state index in [0.29, 0.717) is 0 Å². The molecule has 1 aromatic carbocycles. The Morgan fingerprint density at radius 2 is 1.90 bits per heavy atom. The molecule has 0 spiro atoms. The summed E-state index contributed by atoms with van der Waals surface area (Å²) in [6.07, 6.45) is 2.65. The zero-order valence-electron chi connectivity index (χ0n) is 5.71. The van der Waals surface area contributed by atoms with Crippen molar-refractivity contribution in [3.63, 3.8) is 0 Å². The van der Waals surface area contributed by atoms with E-state index in [9.17, 15) is 5.11 Å². The predicted octanol–water partition coefficient (Wildman–Crippen LogP) is 2.56. The highest BCUT2D eigenvalue weighted by atomic mass is 16.3. The summed E-state index contributed by atoms with van der Waals surface area (Å²) in [4.78, 5) is 0. The second-order valence-corrected chi connectivity index (χ2v) is 2.14. The van der Waals surface area contributed by atoms with Gasteiger partial charge < -0.3 is 0 Å². The maximum Gasteiger partial charge on any atom is 0.178 e. The van der Waals surface area contributed by atoms with Crippen LogP contribution in [0.15, 0.2) is 36.9 Å². The second kappa shape index (κ2) is 3.06. The highest BCUT2D eigenvalue weighted by Crippen LogP contribution is 2.10. The van der Waals surface area contributed by atoms with Crippen LogP contribution < -0.4 is 0 Å². The highest BCUT2D eigenvalue weighted by Gasteiger charge is 1.89. The summed E-state index contributed by atoms with van der Waals surface area (Å²) < 4.78 is 0. The van der Waals surface area contributed by atoms with Crippen molar-refractivity contribution in [3.8, 4) is 5.75 Å². The first-order valence-corrected chi connectivity index (χ1v) is 3.20. The second-order valence-electron chi connectivity index (χ2n) is 2.14. The average molecular weight is 133 g/mol. The number of hydrogen-bond donors (Lipinski definition) is 0. The summed E-state index contributed by atoms with van der Waals surface area (Å²) >= 11 is 0. The normalized spacial score (nSPS) is 9.20. The van der Waals surface area contributed by atoms with Crippen LogP contribution in [-0.4, -0.2) is 0 Å².